The smallest absolute Gasteiger partial charge is 0.276 e. The molecule has 0 spiro atoms. The number of benzene rings is 2. The molecule has 0 aliphatic carbocycles. The number of aromatic nitrogens is 1. The van der Waals surface area contributed by atoms with E-state index in [4.69, 9.17) is 4.84 Å². The molecule has 164 valence electrons. The van der Waals surface area contributed by atoms with Gasteiger partial charge in [0.15, 0.2) is 0 Å². The molecule has 0 radical (unpaired) electrons. The van der Waals surface area contributed by atoms with Crippen molar-refractivity contribution in [1.29, 1.82) is 0 Å². The van der Waals surface area contributed by atoms with E-state index in [1.165, 1.54) is 6.92 Å². The maximum Gasteiger partial charge on any atom is 0.276 e. The summed E-state index contributed by atoms with van der Waals surface area (Å²) >= 11 is 0. The maximum atomic E-state index is 12.3. The van der Waals surface area contributed by atoms with E-state index in [-0.39, 0.29) is 0 Å². The summed E-state index contributed by atoms with van der Waals surface area (Å²) in [5.74, 6) is -0.486. The molecule has 0 aliphatic rings. The highest BCUT2D eigenvalue weighted by Gasteiger charge is 2.14. The number of nitrogens with one attached hydrogen (secondary N) is 3. The Labute approximate surface area is 182 Å². The van der Waals surface area contributed by atoms with Gasteiger partial charge in [0.05, 0.1) is 11.8 Å². The summed E-state index contributed by atoms with van der Waals surface area (Å²) in [5, 5.41) is 3.18. The van der Waals surface area contributed by atoms with E-state index in [9.17, 15) is 13.2 Å². The molecule has 0 saturated heterocycles. The van der Waals surface area contributed by atoms with Crippen LogP contribution in [0.3, 0.4) is 0 Å². The summed E-state index contributed by atoms with van der Waals surface area (Å²) in [7, 11) is -3.43. The Morgan fingerprint density at radius 2 is 1.55 bits per heavy atom. The minimum atomic E-state index is -3.43. The molecular formula is C22H26N4O4S. The van der Waals surface area contributed by atoms with E-state index in [1.807, 2.05) is 48.5 Å². The summed E-state index contributed by atoms with van der Waals surface area (Å²) in [6, 6.07) is 22.7. The Morgan fingerprint density at radius 3 is 2.13 bits per heavy atom. The van der Waals surface area contributed by atoms with Crippen LogP contribution in [0.25, 0.3) is 0 Å². The Hall–Kier alpha value is -3.27. The van der Waals surface area contributed by atoms with Gasteiger partial charge in [-0.15, -0.1) is 0 Å². The fraction of sp³-hybridized carbons (Fsp3) is 0.182. The molecule has 0 bridgehead atoms. The summed E-state index contributed by atoms with van der Waals surface area (Å²) in [5.41, 5.74) is 4.27. The molecule has 1 unspecified atom stereocenters. The molecule has 2 aromatic carbocycles. The molecule has 3 aromatic rings. The Balaban J connectivity index is 0.000000488. The molecule has 9 heteroatoms. The number of nitrogens with zero attached hydrogens (tertiary/aromatic N) is 1. The zero-order valence-corrected chi connectivity index (χ0v) is 18.2. The third kappa shape index (κ3) is 9.85. The van der Waals surface area contributed by atoms with Crippen LogP contribution < -0.4 is 15.5 Å². The van der Waals surface area contributed by atoms with E-state index in [0.29, 0.717) is 17.8 Å². The first-order valence-electron chi connectivity index (χ1n) is 9.50. The van der Waals surface area contributed by atoms with Crippen LogP contribution in [-0.2, 0) is 21.4 Å². The average Bonchev–Trinajstić information content (AvgIpc) is 2.77. The van der Waals surface area contributed by atoms with Gasteiger partial charge >= 0.3 is 0 Å². The second kappa shape index (κ2) is 12.4. The monoisotopic (exact) mass is 442 g/mol. The third-order valence-corrected chi connectivity index (χ3v) is 4.54. The number of rotatable bonds is 8. The minimum Gasteiger partial charge on any atom is -0.380 e. The molecule has 3 rings (SSSR count). The van der Waals surface area contributed by atoms with Gasteiger partial charge in [0.1, 0.15) is 6.23 Å². The van der Waals surface area contributed by atoms with Crippen LogP contribution in [0.1, 0.15) is 22.8 Å². The fourth-order valence-corrected chi connectivity index (χ4v) is 3.09. The van der Waals surface area contributed by atoms with Crippen molar-refractivity contribution in [1.82, 2.24) is 15.2 Å². The number of para-hydroxylation sites is 1. The van der Waals surface area contributed by atoms with Crippen LogP contribution in [0.5, 0.6) is 0 Å². The van der Waals surface area contributed by atoms with Crippen molar-refractivity contribution in [2.45, 2.75) is 19.7 Å². The Bertz CT molecular complexity index is 1000. The highest BCUT2D eigenvalue weighted by atomic mass is 32.2. The summed E-state index contributed by atoms with van der Waals surface area (Å²) in [4.78, 5) is 21.3. The minimum absolute atomic E-state index is 0.378. The average molecular weight is 443 g/mol. The van der Waals surface area contributed by atoms with Gasteiger partial charge in [-0.1, -0.05) is 48.5 Å². The fourth-order valence-electron chi connectivity index (χ4n) is 2.44. The van der Waals surface area contributed by atoms with Crippen molar-refractivity contribution in [3.05, 3.63) is 96.3 Å². The van der Waals surface area contributed by atoms with Gasteiger partial charge in [-0.2, -0.15) is 4.72 Å². The molecule has 0 saturated carbocycles. The third-order valence-electron chi connectivity index (χ3n) is 3.78. The van der Waals surface area contributed by atoms with E-state index in [0.717, 1.165) is 11.8 Å². The van der Waals surface area contributed by atoms with Gasteiger partial charge in [-0.05, 0) is 36.8 Å². The normalized spacial score (nSPS) is 11.5. The van der Waals surface area contributed by atoms with Gasteiger partial charge in [-0.3, -0.25) is 14.6 Å². The largest absolute Gasteiger partial charge is 0.380 e. The molecule has 1 atom stereocenters. The maximum absolute atomic E-state index is 12.3. The van der Waals surface area contributed by atoms with E-state index >= 15 is 0 Å². The molecule has 31 heavy (non-hydrogen) atoms. The van der Waals surface area contributed by atoms with Gasteiger partial charge in [-0.25, -0.2) is 13.9 Å². The number of sulfonamides is 1. The molecule has 0 fully saturated rings. The first-order chi connectivity index (χ1) is 14.8. The number of amides is 1. The number of hydrogen-bond donors (Lipinski definition) is 3. The van der Waals surface area contributed by atoms with Crippen LogP contribution in [0.15, 0.2) is 85.2 Å². The van der Waals surface area contributed by atoms with Crippen molar-refractivity contribution < 1.29 is 18.0 Å². The van der Waals surface area contributed by atoms with Gasteiger partial charge in [0.25, 0.3) is 5.91 Å². The number of pyridine rings is 1. The van der Waals surface area contributed by atoms with E-state index < -0.39 is 22.2 Å². The summed E-state index contributed by atoms with van der Waals surface area (Å²) < 4.78 is 24.4. The predicted molar refractivity (Wildman–Crippen MR) is 120 cm³/mol. The van der Waals surface area contributed by atoms with Crippen LogP contribution in [-0.4, -0.2) is 31.8 Å². The van der Waals surface area contributed by atoms with Crippen molar-refractivity contribution in [2.75, 3.05) is 11.6 Å². The summed E-state index contributed by atoms with van der Waals surface area (Å²) in [6.07, 6.45) is 3.50. The standard InChI is InChI=1S/C16H20N4O4S.C6H6/c1-12(20-25(2,22)23)24-19-16(21)14-5-3-4-6-15(14)18-11-13-7-9-17-10-8-13;1-2-4-6-5-3-1/h3-10,12,18,20H,11H2,1-2H3,(H,19,21);1-6H. The van der Waals surface area contributed by atoms with Crippen molar-refractivity contribution >= 4 is 21.6 Å². The van der Waals surface area contributed by atoms with E-state index in [1.54, 1.807) is 36.7 Å². The van der Waals surface area contributed by atoms with Crippen molar-refractivity contribution in [3.63, 3.8) is 0 Å². The number of anilines is 1. The molecule has 3 N–H and O–H groups in total. The lowest BCUT2D eigenvalue weighted by atomic mass is 10.1. The lowest BCUT2D eigenvalue weighted by Gasteiger charge is -2.15. The highest BCUT2D eigenvalue weighted by molar-refractivity contribution is 7.88. The molecule has 1 aromatic heterocycles. The van der Waals surface area contributed by atoms with Crippen LogP contribution >= 0.6 is 0 Å². The number of hydroxylamine groups is 1. The lowest BCUT2D eigenvalue weighted by molar-refractivity contribution is -0.0122. The first kappa shape index (κ1) is 24.0. The molecular weight excluding hydrogens is 416 g/mol. The molecule has 8 nitrogen and oxygen atoms in total. The van der Waals surface area contributed by atoms with Crippen molar-refractivity contribution in [2.24, 2.45) is 0 Å². The zero-order chi connectivity index (χ0) is 22.5. The highest BCUT2D eigenvalue weighted by Crippen LogP contribution is 2.16. The van der Waals surface area contributed by atoms with Gasteiger partial charge in [0.2, 0.25) is 10.0 Å². The molecule has 0 aliphatic heterocycles. The predicted octanol–water partition coefficient (Wildman–Crippen LogP) is 2.94. The van der Waals surface area contributed by atoms with Gasteiger partial charge < -0.3 is 5.32 Å². The lowest BCUT2D eigenvalue weighted by Crippen LogP contribution is -2.39. The molecule has 1 heterocycles. The number of carbonyl (C=O) groups excluding carboxylic acids is 1. The SMILES string of the molecule is CC(NS(C)(=O)=O)ONC(=O)c1ccccc1NCc1ccncc1.c1ccccc1. The van der Waals surface area contributed by atoms with Crippen molar-refractivity contribution in [3.8, 4) is 0 Å². The van der Waals surface area contributed by atoms with Crippen LogP contribution in [0.2, 0.25) is 0 Å². The quantitative estimate of drug-likeness (QED) is 0.366. The second-order valence-electron chi connectivity index (χ2n) is 6.49. The number of hydrogen-bond acceptors (Lipinski definition) is 6. The van der Waals surface area contributed by atoms with E-state index in [2.05, 4.69) is 20.5 Å². The summed E-state index contributed by atoms with van der Waals surface area (Å²) in [6.45, 7) is 1.99. The number of carbonyl (C=O) groups is 1. The Morgan fingerprint density at radius 1 is 0.968 bits per heavy atom. The molecule has 1 amide bonds. The van der Waals surface area contributed by atoms with Crippen LogP contribution in [0.4, 0.5) is 5.69 Å². The second-order valence-corrected chi connectivity index (χ2v) is 8.27. The zero-order valence-electron chi connectivity index (χ0n) is 17.4. The first-order valence-corrected chi connectivity index (χ1v) is 11.4. The van der Waals surface area contributed by atoms with Gasteiger partial charge in [0, 0.05) is 24.6 Å². The Kier molecular flexibility index (Phi) is 9.63. The van der Waals surface area contributed by atoms with Crippen LogP contribution in [0, 0.1) is 0 Å². The topological polar surface area (TPSA) is 109 Å².